The molecule has 0 saturated carbocycles. The van der Waals surface area contributed by atoms with Crippen LogP contribution >= 0.6 is 0 Å². The van der Waals surface area contributed by atoms with E-state index in [9.17, 15) is 28.2 Å². The summed E-state index contributed by atoms with van der Waals surface area (Å²) in [5.74, 6) is -0.0931. The van der Waals surface area contributed by atoms with Crippen molar-refractivity contribution in [2.75, 3.05) is 13.2 Å². The van der Waals surface area contributed by atoms with E-state index in [1.54, 1.807) is 0 Å². The second kappa shape index (κ2) is 10.1. The van der Waals surface area contributed by atoms with Gasteiger partial charge in [0.05, 0.1) is 11.7 Å². The summed E-state index contributed by atoms with van der Waals surface area (Å²) in [6.07, 6.45) is -8.20. The fourth-order valence-electron chi connectivity index (χ4n) is 4.62. The molecular formula is C27H26F3NO4. The number of amides is 1. The SMILES string of the molecule is Cc1c(C(O)C(O)CCNC(=O)OCC2c3ccccc3-c3ccccc32)cccc1C(F)(F)F. The zero-order valence-electron chi connectivity index (χ0n) is 19.0. The molecule has 0 aliphatic heterocycles. The monoisotopic (exact) mass is 485 g/mol. The average Bonchev–Trinajstić information content (AvgIpc) is 3.15. The zero-order chi connectivity index (χ0) is 25.2. The number of hydrogen-bond donors (Lipinski definition) is 3. The maximum Gasteiger partial charge on any atom is 0.416 e. The number of aliphatic hydroxyl groups excluding tert-OH is 2. The van der Waals surface area contributed by atoms with Crippen molar-refractivity contribution in [2.45, 2.75) is 37.6 Å². The molecule has 3 N–H and O–H groups in total. The van der Waals surface area contributed by atoms with Crippen LogP contribution in [0.3, 0.4) is 0 Å². The summed E-state index contributed by atoms with van der Waals surface area (Å²) in [5.41, 5.74) is 3.37. The Bertz CT molecular complexity index is 1170. The molecule has 3 aromatic rings. The first-order valence-corrected chi connectivity index (χ1v) is 11.3. The number of halogens is 3. The summed E-state index contributed by atoms with van der Waals surface area (Å²) in [6, 6.07) is 19.4. The third-order valence-corrected chi connectivity index (χ3v) is 6.42. The number of nitrogens with one attached hydrogen (secondary N) is 1. The number of alkyl halides is 3. The van der Waals surface area contributed by atoms with Crippen LogP contribution in [0.15, 0.2) is 66.7 Å². The van der Waals surface area contributed by atoms with Crippen molar-refractivity contribution in [3.63, 3.8) is 0 Å². The lowest BCUT2D eigenvalue weighted by atomic mass is 9.94. The van der Waals surface area contributed by atoms with Crippen LogP contribution in [0.25, 0.3) is 11.1 Å². The van der Waals surface area contributed by atoms with Crippen LogP contribution in [0.1, 0.15) is 46.3 Å². The Morgan fingerprint density at radius 2 is 1.57 bits per heavy atom. The summed E-state index contributed by atoms with van der Waals surface area (Å²) in [7, 11) is 0. The predicted octanol–water partition coefficient (Wildman–Crippen LogP) is 5.34. The standard InChI is InChI=1S/C27H26F3NO4/c1-16-17(11-6-12-23(16)27(28,29)30)25(33)24(32)13-14-31-26(34)35-15-22-20-9-4-2-7-18(20)19-8-3-5-10-21(19)22/h2-12,22,24-25,32-33H,13-15H2,1H3,(H,31,34). The molecule has 0 spiro atoms. The second-order valence-electron chi connectivity index (χ2n) is 8.57. The Labute approximate surface area is 201 Å². The van der Waals surface area contributed by atoms with Gasteiger partial charge in [0.1, 0.15) is 12.7 Å². The third-order valence-electron chi connectivity index (χ3n) is 6.42. The Hall–Kier alpha value is -3.36. The molecule has 4 rings (SSSR count). The quantitative estimate of drug-likeness (QED) is 0.422. The predicted molar refractivity (Wildman–Crippen MR) is 125 cm³/mol. The minimum absolute atomic E-state index is 0.00605. The van der Waals surface area contributed by atoms with Gasteiger partial charge >= 0.3 is 12.3 Å². The molecule has 184 valence electrons. The maximum absolute atomic E-state index is 13.1. The first-order chi connectivity index (χ1) is 16.7. The van der Waals surface area contributed by atoms with Gasteiger partial charge in [-0.05, 0) is 52.8 Å². The van der Waals surface area contributed by atoms with Crippen molar-refractivity contribution in [3.05, 3.63) is 94.5 Å². The van der Waals surface area contributed by atoms with Crippen molar-refractivity contribution in [3.8, 4) is 11.1 Å². The lowest BCUT2D eigenvalue weighted by molar-refractivity contribution is -0.138. The summed E-state index contributed by atoms with van der Waals surface area (Å²) >= 11 is 0. The van der Waals surface area contributed by atoms with Gasteiger partial charge in [-0.2, -0.15) is 13.2 Å². The first-order valence-electron chi connectivity index (χ1n) is 11.3. The van der Waals surface area contributed by atoms with Crippen molar-refractivity contribution in [1.82, 2.24) is 5.32 Å². The van der Waals surface area contributed by atoms with Gasteiger partial charge in [-0.15, -0.1) is 0 Å². The molecule has 1 aliphatic carbocycles. The van der Waals surface area contributed by atoms with Gasteiger partial charge in [-0.1, -0.05) is 60.7 Å². The molecule has 3 aromatic carbocycles. The lowest BCUT2D eigenvalue weighted by Crippen LogP contribution is -2.31. The highest BCUT2D eigenvalue weighted by Crippen LogP contribution is 2.44. The molecule has 2 atom stereocenters. The third kappa shape index (κ3) is 5.18. The van der Waals surface area contributed by atoms with Gasteiger partial charge in [0.25, 0.3) is 0 Å². The van der Waals surface area contributed by atoms with E-state index in [1.165, 1.54) is 19.1 Å². The van der Waals surface area contributed by atoms with E-state index < -0.39 is 30.0 Å². The zero-order valence-corrected chi connectivity index (χ0v) is 19.0. The van der Waals surface area contributed by atoms with E-state index >= 15 is 0 Å². The molecular weight excluding hydrogens is 459 g/mol. The first kappa shape index (κ1) is 24.8. The fraction of sp³-hybridized carbons (Fsp3) is 0.296. The van der Waals surface area contributed by atoms with Crippen LogP contribution in [-0.2, 0) is 10.9 Å². The van der Waals surface area contributed by atoms with Crippen molar-refractivity contribution < 1.29 is 32.9 Å². The van der Waals surface area contributed by atoms with Gasteiger partial charge < -0.3 is 20.3 Å². The number of carbonyl (C=O) groups is 1. The van der Waals surface area contributed by atoms with Crippen LogP contribution in [-0.4, -0.2) is 35.6 Å². The van der Waals surface area contributed by atoms with Gasteiger partial charge in [0.2, 0.25) is 0 Å². The highest BCUT2D eigenvalue weighted by atomic mass is 19.4. The number of ether oxygens (including phenoxy) is 1. The summed E-state index contributed by atoms with van der Waals surface area (Å²) in [6.45, 7) is 1.37. The molecule has 0 radical (unpaired) electrons. The number of hydrogen-bond acceptors (Lipinski definition) is 4. The molecule has 8 heteroatoms. The molecule has 1 amide bonds. The normalized spacial score (nSPS) is 14.7. The van der Waals surface area contributed by atoms with Gasteiger partial charge in [-0.3, -0.25) is 0 Å². The van der Waals surface area contributed by atoms with E-state index in [0.29, 0.717) is 0 Å². The molecule has 0 bridgehead atoms. The number of carbonyl (C=O) groups excluding carboxylic acids is 1. The van der Waals surface area contributed by atoms with Crippen molar-refractivity contribution in [1.29, 1.82) is 0 Å². The Morgan fingerprint density at radius 3 is 2.17 bits per heavy atom. The molecule has 1 aliphatic rings. The Kier molecular flexibility index (Phi) is 7.14. The smallest absolute Gasteiger partial charge is 0.416 e. The summed E-state index contributed by atoms with van der Waals surface area (Å²) in [4.78, 5) is 12.3. The van der Waals surface area contributed by atoms with Gasteiger partial charge in [0.15, 0.2) is 0 Å². The maximum atomic E-state index is 13.1. The summed E-state index contributed by atoms with van der Waals surface area (Å²) in [5, 5.41) is 23.2. The van der Waals surface area contributed by atoms with Crippen LogP contribution in [0.5, 0.6) is 0 Å². The number of fused-ring (bicyclic) bond motifs is 3. The minimum atomic E-state index is -4.56. The topological polar surface area (TPSA) is 78.8 Å². The number of rotatable bonds is 7. The number of benzene rings is 3. The molecule has 0 heterocycles. The van der Waals surface area contributed by atoms with Gasteiger partial charge in [0, 0.05) is 12.5 Å². The lowest BCUT2D eigenvalue weighted by Gasteiger charge is -2.22. The Morgan fingerprint density at radius 1 is 0.971 bits per heavy atom. The van der Waals surface area contributed by atoms with Crippen LogP contribution in [0.4, 0.5) is 18.0 Å². The van der Waals surface area contributed by atoms with E-state index in [-0.39, 0.29) is 36.6 Å². The van der Waals surface area contributed by atoms with Crippen LogP contribution < -0.4 is 5.32 Å². The molecule has 35 heavy (non-hydrogen) atoms. The van der Waals surface area contributed by atoms with Crippen LogP contribution in [0.2, 0.25) is 0 Å². The van der Waals surface area contributed by atoms with Crippen molar-refractivity contribution in [2.24, 2.45) is 0 Å². The molecule has 0 aromatic heterocycles. The number of alkyl carbamates (subject to hydrolysis) is 1. The van der Waals surface area contributed by atoms with E-state index in [0.717, 1.165) is 28.3 Å². The highest BCUT2D eigenvalue weighted by molar-refractivity contribution is 5.79. The van der Waals surface area contributed by atoms with Crippen LogP contribution in [0, 0.1) is 6.92 Å². The minimum Gasteiger partial charge on any atom is -0.449 e. The molecule has 2 unspecified atom stereocenters. The fourth-order valence-corrected chi connectivity index (χ4v) is 4.62. The largest absolute Gasteiger partial charge is 0.449 e. The molecule has 0 saturated heterocycles. The highest BCUT2D eigenvalue weighted by Gasteiger charge is 2.34. The summed E-state index contributed by atoms with van der Waals surface area (Å²) < 4.78 is 44.8. The number of aliphatic hydroxyl groups is 2. The average molecular weight is 486 g/mol. The second-order valence-corrected chi connectivity index (χ2v) is 8.57. The van der Waals surface area contributed by atoms with Gasteiger partial charge in [-0.25, -0.2) is 4.79 Å². The van der Waals surface area contributed by atoms with E-state index in [4.69, 9.17) is 4.74 Å². The molecule has 0 fully saturated rings. The van der Waals surface area contributed by atoms with E-state index in [2.05, 4.69) is 5.32 Å². The van der Waals surface area contributed by atoms with Crippen molar-refractivity contribution >= 4 is 6.09 Å². The Balaban J connectivity index is 1.30. The van der Waals surface area contributed by atoms with E-state index in [1.807, 2.05) is 48.5 Å². The molecule has 5 nitrogen and oxygen atoms in total.